The average molecular weight is 519 g/mol. The van der Waals surface area contributed by atoms with Crippen LogP contribution in [-0.2, 0) is 0 Å². The van der Waals surface area contributed by atoms with Gasteiger partial charge in [0.1, 0.15) is 11.6 Å². The van der Waals surface area contributed by atoms with Crippen molar-refractivity contribution in [2.45, 2.75) is 39.2 Å². The number of benzene rings is 3. The molecule has 196 valence electrons. The van der Waals surface area contributed by atoms with Gasteiger partial charge in [0.2, 0.25) is 5.82 Å². The Morgan fingerprint density at radius 2 is 1.57 bits per heavy atom. The molecule has 0 amide bonds. The molecule has 1 aliphatic carbocycles. The van der Waals surface area contributed by atoms with Crippen LogP contribution in [0.25, 0.3) is 16.7 Å². The molecule has 0 fully saturated rings. The highest BCUT2D eigenvalue weighted by Gasteiger charge is 2.23. The molecule has 4 rings (SSSR count). The SMILES string of the molecule is CCOc1ccc(-c2ccc(OCC3CC=C(c4ccc(C(C)O)c(F)c4F)CC3)cc2F)c(F)c1F. The standard InChI is InChI=1S/C29H27F5O3/c1-3-36-25-13-12-23(28(33)29(25)34)22-9-8-19(14-24(22)30)37-15-17-4-6-18(7-5-17)21-11-10-20(16(2)35)26(31)27(21)32/h6,8-14,16-17,35H,3-5,7,15H2,1-2H3. The summed E-state index contributed by atoms with van der Waals surface area (Å²) in [5.41, 5.74) is 0.451. The number of rotatable bonds is 8. The summed E-state index contributed by atoms with van der Waals surface area (Å²) in [5, 5.41) is 9.56. The van der Waals surface area contributed by atoms with Gasteiger partial charge in [-0.25, -0.2) is 17.6 Å². The molecule has 0 aromatic heterocycles. The van der Waals surface area contributed by atoms with Gasteiger partial charge in [-0.05, 0) is 68.9 Å². The van der Waals surface area contributed by atoms with Crippen LogP contribution in [0.2, 0.25) is 0 Å². The highest BCUT2D eigenvalue weighted by molar-refractivity contribution is 5.68. The molecular formula is C29H27F5O3. The highest BCUT2D eigenvalue weighted by atomic mass is 19.2. The van der Waals surface area contributed by atoms with Crippen molar-refractivity contribution < 1.29 is 36.5 Å². The Morgan fingerprint density at radius 3 is 2.22 bits per heavy atom. The summed E-state index contributed by atoms with van der Waals surface area (Å²) in [6, 6.07) is 9.32. The van der Waals surface area contributed by atoms with Crippen molar-refractivity contribution >= 4 is 5.57 Å². The summed E-state index contributed by atoms with van der Waals surface area (Å²) in [6.45, 7) is 3.46. The molecule has 2 atom stereocenters. The van der Waals surface area contributed by atoms with E-state index in [1.54, 1.807) is 6.92 Å². The molecular weight excluding hydrogens is 491 g/mol. The minimum atomic E-state index is -1.19. The third kappa shape index (κ3) is 5.64. The van der Waals surface area contributed by atoms with E-state index in [0.29, 0.717) is 24.8 Å². The highest BCUT2D eigenvalue weighted by Crippen LogP contribution is 2.35. The zero-order chi connectivity index (χ0) is 26.7. The molecule has 3 aromatic carbocycles. The molecule has 0 radical (unpaired) electrons. The van der Waals surface area contributed by atoms with Crippen molar-refractivity contribution in [3.8, 4) is 22.6 Å². The van der Waals surface area contributed by atoms with E-state index in [1.165, 1.54) is 43.3 Å². The predicted octanol–water partition coefficient (Wildman–Crippen LogP) is 7.76. The van der Waals surface area contributed by atoms with E-state index in [1.807, 2.05) is 6.08 Å². The van der Waals surface area contributed by atoms with E-state index < -0.39 is 35.2 Å². The number of halogens is 5. The van der Waals surface area contributed by atoms with Crippen LogP contribution in [0, 0.1) is 35.0 Å². The fraction of sp³-hybridized carbons (Fsp3) is 0.310. The summed E-state index contributed by atoms with van der Waals surface area (Å²) < 4.78 is 83.0. The van der Waals surface area contributed by atoms with Crippen LogP contribution in [0.3, 0.4) is 0 Å². The Kier molecular flexibility index (Phi) is 8.17. The van der Waals surface area contributed by atoms with Crippen LogP contribution < -0.4 is 9.47 Å². The van der Waals surface area contributed by atoms with Gasteiger partial charge in [-0.3, -0.25) is 0 Å². The number of ether oxygens (including phenoxy) is 2. The minimum absolute atomic E-state index is 0.0776. The predicted molar refractivity (Wildman–Crippen MR) is 131 cm³/mol. The van der Waals surface area contributed by atoms with Gasteiger partial charge in [0.25, 0.3) is 0 Å². The summed E-state index contributed by atoms with van der Waals surface area (Å²) in [4.78, 5) is 0. The van der Waals surface area contributed by atoms with Gasteiger partial charge in [-0.1, -0.05) is 18.2 Å². The zero-order valence-corrected chi connectivity index (χ0v) is 20.5. The van der Waals surface area contributed by atoms with E-state index in [0.717, 1.165) is 6.07 Å². The Morgan fingerprint density at radius 1 is 0.865 bits per heavy atom. The second-order valence-electron chi connectivity index (χ2n) is 9.00. The maximum absolute atomic E-state index is 14.8. The van der Waals surface area contributed by atoms with Gasteiger partial charge >= 0.3 is 0 Å². The largest absolute Gasteiger partial charge is 0.493 e. The van der Waals surface area contributed by atoms with E-state index in [-0.39, 0.29) is 52.9 Å². The zero-order valence-electron chi connectivity index (χ0n) is 20.5. The molecule has 3 aromatic rings. The summed E-state index contributed by atoms with van der Waals surface area (Å²) >= 11 is 0. The van der Waals surface area contributed by atoms with Crippen LogP contribution >= 0.6 is 0 Å². The lowest BCUT2D eigenvalue weighted by molar-refractivity contribution is 0.192. The second kappa shape index (κ2) is 11.3. The van der Waals surface area contributed by atoms with Crippen molar-refractivity contribution in [1.29, 1.82) is 0 Å². The summed E-state index contributed by atoms with van der Waals surface area (Å²) in [6.07, 6.45) is 2.46. The van der Waals surface area contributed by atoms with Gasteiger partial charge in [-0.2, -0.15) is 4.39 Å². The molecule has 0 spiro atoms. The number of hydrogen-bond donors (Lipinski definition) is 1. The Bertz CT molecular complexity index is 1320. The van der Waals surface area contributed by atoms with Crippen LogP contribution in [0.1, 0.15) is 50.3 Å². The Labute approximate surface area is 212 Å². The van der Waals surface area contributed by atoms with Crippen LogP contribution in [0.5, 0.6) is 11.5 Å². The molecule has 0 heterocycles. The fourth-order valence-electron chi connectivity index (χ4n) is 4.44. The first-order valence-corrected chi connectivity index (χ1v) is 12.1. The first kappa shape index (κ1) is 26.7. The van der Waals surface area contributed by atoms with Crippen molar-refractivity contribution in [2.75, 3.05) is 13.2 Å². The molecule has 0 bridgehead atoms. The Balaban J connectivity index is 1.40. The second-order valence-corrected chi connectivity index (χ2v) is 9.00. The lowest BCUT2D eigenvalue weighted by Crippen LogP contribution is -2.15. The Hall–Kier alpha value is -3.39. The van der Waals surface area contributed by atoms with Crippen molar-refractivity contribution in [3.05, 3.63) is 88.8 Å². The third-order valence-corrected chi connectivity index (χ3v) is 6.49. The van der Waals surface area contributed by atoms with Gasteiger partial charge in [-0.15, -0.1) is 0 Å². The molecule has 2 unspecified atom stereocenters. The van der Waals surface area contributed by atoms with Gasteiger partial charge in [0, 0.05) is 28.3 Å². The lowest BCUT2D eigenvalue weighted by atomic mass is 9.86. The van der Waals surface area contributed by atoms with Crippen LogP contribution in [-0.4, -0.2) is 18.3 Å². The topological polar surface area (TPSA) is 38.7 Å². The van der Waals surface area contributed by atoms with Gasteiger partial charge < -0.3 is 14.6 Å². The van der Waals surface area contributed by atoms with E-state index in [2.05, 4.69) is 0 Å². The number of aliphatic hydroxyl groups is 1. The van der Waals surface area contributed by atoms with Gasteiger partial charge in [0.15, 0.2) is 23.2 Å². The maximum Gasteiger partial charge on any atom is 0.201 e. The maximum atomic E-state index is 14.8. The van der Waals surface area contributed by atoms with E-state index in [4.69, 9.17) is 9.47 Å². The van der Waals surface area contributed by atoms with Crippen LogP contribution in [0.4, 0.5) is 22.0 Å². The molecule has 0 saturated carbocycles. The quantitative estimate of drug-likeness (QED) is 0.310. The van der Waals surface area contributed by atoms with Crippen molar-refractivity contribution in [1.82, 2.24) is 0 Å². The molecule has 1 aliphatic rings. The molecule has 0 aliphatic heterocycles. The molecule has 1 N–H and O–H groups in total. The molecule has 3 nitrogen and oxygen atoms in total. The number of allylic oxidation sites excluding steroid dienone is 2. The van der Waals surface area contributed by atoms with Crippen LogP contribution in [0.15, 0.2) is 48.5 Å². The minimum Gasteiger partial charge on any atom is -0.493 e. The number of aliphatic hydroxyl groups excluding tert-OH is 1. The lowest BCUT2D eigenvalue weighted by Gasteiger charge is -2.23. The van der Waals surface area contributed by atoms with Crippen molar-refractivity contribution in [3.63, 3.8) is 0 Å². The van der Waals surface area contributed by atoms with E-state index in [9.17, 15) is 27.1 Å². The molecule has 0 saturated heterocycles. The molecule has 8 heteroatoms. The first-order valence-electron chi connectivity index (χ1n) is 12.1. The monoisotopic (exact) mass is 518 g/mol. The van der Waals surface area contributed by atoms with Crippen molar-refractivity contribution in [2.24, 2.45) is 5.92 Å². The van der Waals surface area contributed by atoms with Gasteiger partial charge in [0.05, 0.1) is 19.3 Å². The summed E-state index contributed by atoms with van der Waals surface area (Å²) in [5.74, 6) is -5.07. The normalized spacial score (nSPS) is 16.3. The van der Waals surface area contributed by atoms with E-state index >= 15 is 0 Å². The molecule has 37 heavy (non-hydrogen) atoms. The first-order chi connectivity index (χ1) is 17.7. The number of hydrogen-bond acceptors (Lipinski definition) is 3. The smallest absolute Gasteiger partial charge is 0.201 e. The average Bonchev–Trinajstić information content (AvgIpc) is 2.88. The third-order valence-electron chi connectivity index (χ3n) is 6.49. The summed E-state index contributed by atoms with van der Waals surface area (Å²) in [7, 11) is 0. The fourth-order valence-corrected chi connectivity index (χ4v) is 4.44.